The monoisotopic (exact) mass is 317 g/mol. The van der Waals surface area contributed by atoms with E-state index in [-0.39, 0.29) is 18.4 Å². The van der Waals surface area contributed by atoms with Crippen molar-refractivity contribution in [2.24, 2.45) is 0 Å². The Morgan fingerprint density at radius 3 is 2.41 bits per heavy atom. The third-order valence-corrected chi connectivity index (χ3v) is 5.96. The molecule has 0 radical (unpaired) electrons. The Labute approximate surface area is 130 Å². The largest absolute Gasteiger partial charge is 0.392 e. The van der Waals surface area contributed by atoms with Gasteiger partial charge in [-0.05, 0) is 29.8 Å². The Balaban J connectivity index is 1.82. The number of fused-ring (bicyclic) bond motifs is 1. The molecule has 1 atom stereocenters. The van der Waals surface area contributed by atoms with Crippen molar-refractivity contribution in [2.75, 3.05) is 12.8 Å². The van der Waals surface area contributed by atoms with Gasteiger partial charge in [0.15, 0.2) is 9.84 Å². The van der Waals surface area contributed by atoms with E-state index in [2.05, 4.69) is 4.90 Å². The van der Waals surface area contributed by atoms with Crippen molar-refractivity contribution in [3.63, 3.8) is 0 Å². The van der Waals surface area contributed by atoms with Crippen LogP contribution in [-0.4, -0.2) is 31.2 Å². The molecule has 0 fully saturated rings. The first kappa shape index (κ1) is 15.2. The van der Waals surface area contributed by atoms with Crippen LogP contribution in [0.25, 0.3) is 0 Å². The molecule has 1 unspecified atom stereocenters. The molecule has 3 rings (SSSR count). The van der Waals surface area contributed by atoms with Gasteiger partial charge in [-0.25, -0.2) is 8.42 Å². The smallest absolute Gasteiger partial charge is 0.180 e. The molecule has 5 heteroatoms. The fraction of sp³-hybridized carbons (Fsp3) is 0.294. The molecule has 1 aliphatic rings. The Morgan fingerprint density at radius 2 is 1.73 bits per heavy atom. The normalized spacial score (nSPS) is 19.3. The van der Waals surface area contributed by atoms with Gasteiger partial charge in [0.2, 0.25) is 0 Å². The number of benzene rings is 2. The van der Waals surface area contributed by atoms with Crippen molar-refractivity contribution in [3.8, 4) is 0 Å². The predicted octanol–water partition coefficient (Wildman–Crippen LogP) is 2.14. The molecule has 1 aliphatic heterocycles. The lowest BCUT2D eigenvalue weighted by atomic mass is 10.1. The molecule has 0 amide bonds. The van der Waals surface area contributed by atoms with Crippen LogP contribution in [0.4, 0.5) is 0 Å². The summed E-state index contributed by atoms with van der Waals surface area (Å²) >= 11 is 0. The predicted molar refractivity (Wildman–Crippen MR) is 85.1 cm³/mol. The maximum absolute atomic E-state index is 12.2. The molecular weight excluding hydrogens is 298 g/mol. The maximum Gasteiger partial charge on any atom is 0.180 e. The number of aliphatic hydroxyl groups excluding tert-OH is 1. The summed E-state index contributed by atoms with van der Waals surface area (Å²) in [5.74, 6) is 0.136. The van der Waals surface area contributed by atoms with Crippen LogP contribution in [0.3, 0.4) is 0 Å². The molecule has 0 saturated carbocycles. The van der Waals surface area contributed by atoms with Gasteiger partial charge in [0.1, 0.15) is 0 Å². The molecule has 0 saturated heterocycles. The van der Waals surface area contributed by atoms with E-state index in [0.29, 0.717) is 11.4 Å². The van der Waals surface area contributed by atoms with E-state index in [1.165, 1.54) is 0 Å². The Kier molecular flexibility index (Phi) is 4.04. The van der Waals surface area contributed by atoms with Crippen molar-refractivity contribution < 1.29 is 13.5 Å². The molecule has 22 heavy (non-hydrogen) atoms. The quantitative estimate of drug-likeness (QED) is 0.938. The summed E-state index contributed by atoms with van der Waals surface area (Å²) in [6.07, 6.45) is 0. The van der Waals surface area contributed by atoms with Crippen LogP contribution in [0.15, 0.2) is 53.4 Å². The average Bonchev–Trinajstić information content (AvgIpc) is 2.80. The van der Waals surface area contributed by atoms with Crippen LogP contribution in [0, 0.1) is 0 Å². The second-order valence-electron chi connectivity index (χ2n) is 5.72. The number of hydrogen-bond donors (Lipinski definition) is 1. The second-order valence-corrected chi connectivity index (χ2v) is 7.73. The third-order valence-electron chi connectivity index (χ3n) is 4.16. The van der Waals surface area contributed by atoms with Gasteiger partial charge in [0.05, 0.1) is 23.3 Å². The third kappa shape index (κ3) is 2.79. The fourth-order valence-corrected chi connectivity index (χ4v) is 4.82. The van der Waals surface area contributed by atoms with E-state index in [9.17, 15) is 8.42 Å². The zero-order chi connectivity index (χ0) is 15.7. The van der Waals surface area contributed by atoms with E-state index in [4.69, 9.17) is 5.11 Å². The highest BCUT2D eigenvalue weighted by atomic mass is 32.2. The van der Waals surface area contributed by atoms with Crippen LogP contribution in [-0.2, 0) is 23.0 Å². The topological polar surface area (TPSA) is 57.6 Å². The Hall–Kier alpha value is -1.69. The highest BCUT2D eigenvalue weighted by Crippen LogP contribution is 2.36. The molecule has 2 aromatic rings. The highest BCUT2D eigenvalue weighted by Gasteiger charge is 2.36. The van der Waals surface area contributed by atoms with Crippen molar-refractivity contribution in [3.05, 3.63) is 65.2 Å². The van der Waals surface area contributed by atoms with Gasteiger partial charge in [0.25, 0.3) is 0 Å². The lowest BCUT2D eigenvalue weighted by Crippen LogP contribution is -2.25. The standard InChI is InChI=1S/C17H19NO3S/c1-18(10-13-6-8-14(11-19)9-7-13)16-12-22(20,21)17-5-3-2-4-15(16)17/h2-9,16,19H,10-12H2,1H3. The lowest BCUT2D eigenvalue weighted by Gasteiger charge is -2.24. The van der Waals surface area contributed by atoms with Crippen LogP contribution in [0.1, 0.15) is 22.7 Å². The summed E-state index contributed by atoms with van der Waals surface area (Å²) in [5.41, 5.74) is 2.86. The summed E-state index contributed by atoms with van der Waals surface area (Å²) in [5, 5.41) is 9.07. The summed E-state index contributed by atoms with van der Waals surface area (Å²) in [6.45, 7) is 0.699. The first-order valence-electron chi connectivity index (χ1n) is 7.22. The maximum atomic E-state index is 12.2. The van der Waals surface area contributed by atoms with E-state index in [1.54, 1.807) is 12.1 Å². The SMILES string of the molecule is CN(Cc1ccc(CO)cc1)C1CS(=O)(=O)c2ccccc21. The van der Waals surface area contributed by atoms with Crippen LogP contribution < -0.4 is 0 Å². The van der Waals surface area contributed by atoms with Crippen LogP contribution in [0.5, 0.6) is 0 Å². The molecule has 0 spiro atoms. The van der Waals surface area contributed by atoms with Crippen LogP contribution >= 0.6 is 0 Å². The minimum absolute atomic E-state index is 0.0321. The van der Waals surface area contributed by atoms with Crippen molar-refractivity contribution in [2.45, 2.75) is 24.1 Å². The average molecular weight is 317 g/mol. The number of aliphatic hydroxyl groups is 1. The minimum Gasteiger partial charge on any atom is -0.392 e. The first-order valence-corrected chi connectivity index (χ1v) is 8.87. The number of hydrogen-bond acceptors (Lipinski definition) is 4. The van der Waals surface area contributed by atoms with Gasteiger partial charge in [-0.1, -0.05) is 42.5 Å². The molecule has 4 nitrogen and oxygen atoms in total. The lowest BCUT2D eigenvalue weighted by molar-refractivity contribution is 0.256. The fourth-order valence-electron chi connectivity index (χ4n) is 2.94. The number of sulfone groups is 1. The molecule has 0 aliphatic carbocycles. The van der Waals surface area contributed by atoms with Gasteiger partial charge in [0, 0.05) is 6.54 Å². The molecular formula is C17H19NO3S. The zero-order valence-electron chi connectivity index (χ0n) is 12.4. The van der Waals surface area contributed by atoms with Crippen molar-refractivity contribution in [1.82, 2.24) is 4.90 Å². The van der Waals surface area contributed by atoms with E-state index < -0.39 is 9.84 Å². The van der Waals surface area contributed by atoms with Crippen LogP contribution in [0.2, 0.25) is 0 Å². The Bertz CT molecular complexity index is 769. The zero-order valence-corrected chi connectivity index (χ0v) is 13.3. The second kappa shape index (κ2) is 5.83. The molecule has 116 valence electrons. The first-order chi connectivity index (χ1) is 10.5. The summed E-state index contributed by atoms with van der Waals surface area (Å²) in [6, 6.07) is 14.9. The van der Waals surface area contributed by atoms with E-state index >= 15 is 0 Å². The van der Waals surface area contributed by atoms with Crippen molar-refractivity contribution in [1.29, 1.82) is 0 Å². The molecule has 0 aromatic heterocycles. The molecule has 2 aromatic carbocycles. The van der Waals surface area contributed by atoms with Gasteiger partial charge in [-0.2, -0.15) is 0 Å². The minimum atomic E-state index is -3.18. The number of nitrogens with zero attached hydrogens (tertiary/aromatic N) is 1. The summed E-state index contributed by atoms with van der Waals surface area (Å²) in [4.78, 5) is 2.53. The van der Waals surface area contributed by atoms with Gasteiger partial charge >= 0.3 is 0 Å². The molecule has 1 N–H and O–H groups in total. The van der Waals surface area contributed by atoms with Crippen molar-refractivity contribution >= 4 is 9.84 Å². The molecule has 1 heterocycles. The number of rotatable bonds is 4. The van der Waals surface area contributed by atoms with Gasteiger partial charge in [-0.15, -0.1) is 0 Å². The van der Waals surface area contributed by atoms with Gasteiger partial charge < -0.3 is 5.11 Å². The summed E-state index contributed by atoms with van der Waals surface area (Å²) in [7, 11) is -1.23. The van der Waals surface area contributed by atoms with Gasteiger partial charge in [-0.3, -0.25) is 4.90 Å². The summed E-state index contributed by atoms with van der Waals surface area (Å²) < 4.78 is 24.5. The Morgan fingerprint density at radius 1 is 1.09 bits per heavy atom. The highest BCUT2D eigenvalue weighted by molar-refractivity contribution is 7.91. The molecule has 0 bridgehead atoms. The van der Waals surface area contributed by atoms with E-state index in [0.717, 1.165) is 16.7 Å². The van der Waals surface area contributed by atoms with E-state index in [1.807, 2.05) is 43.4 Å².